The van der Waals surface area contributed by atoms with Gasteiger partial charge >= 0.3 is 0 Å². The molecule has 0 radical (unpaired) electrons. The second-order valence-electron chi connectivity index (χ2n) is 7.30. The standard InChI is InChI=1S/C22H25FN4O2/c1-13-4-5-17(21(23)14(13)2)27-22-16-10-20(29-15-6-8-24-9-7-15)19(28-3)11-18(16)25-12-26-22/h4-5,10-12,15,24H,6-9H2,1-3H3,(H,25,26,27). The summed E-state index contributed by atoms with van der Waals surface area (Å²) in [5.74, 6) is 1.51. The molecule has 29 heavy (non-hydrogen) atoms. The third kappa shape index (κ3) is 3.96. The number of rotatable bonds is 5. The van der Waals surface area contributed by atoms with Crippen molar-refractivity contribution in [3.05, 3.63) is 47.5 Å². The lowest BCUT2D eigenvalue weighted by Gasteiger charge is -2.25. The van der Waals surface area contributed by atoms with Crippen molar-refractivity contribution in [1.82, 2.24) is 15.3 Å². The highest BCUT2D eigenvalue weighted by Crippen LogP contribution is 2.36. The van der Waals surface area contributed by atoms with Crippen LogP contribution in [0.15, 0.2) is 30.6 Å². The van der Waals surface area contributed by atoms with Gasteiger partial charge in [-0.25, -0.2) is 14.4 Å². The number of aryl methyl sites for hydroxylation is 1. The second kappa shape index (κ2) is 8.21. The average molecular weight is 396 g/mol. The predicted molar refractivity (Wildman–Crippen MR) is 112 cm³/mol. The summed E-state index contributed by atoms with van der Waals surface area (Å²) in [6.45, 7) is 5.52. The van der Waals surface area contributed by atoms with E-state index in [-0.39, 0.29) is 11.9 Å². The summed E-state index contributed by atoms with van der Waals surface area (Å²) in [6, 6.07) is 7.31. The van der Waals surface area contributed by atoms with Crippen LogP contribution in [0.2, 0.25) is 0 Å². The maximum absolute atomic E-state index is 14.7. The molecule has 3 aromatic rings. The SMILES string of the molecule is COc1cc2ncnc(Nc3ccc(C)c(C)c3F)c2cc1OC1CCNCC1. The molecule has 0 unspecified atom stereocenters. The molecule has 1 aliphatic heterocycles. The van der Waals surface area contributed by atoms with Crippen molar-refractivity contribution < 1.29 is 13.9 Å². The van der Waals surface area contributed by atoms with E-state index in [4.69, 9.17) is 9.47 Å². The van der Waals surface area contributed by atoms with Crippen molar-refractivity contribution >= 4 is 22.4 Å². The molecule has 2 heterocycles. The van der Waals surface area contributed by atoms with Crippen molar-refractivity contribution in [2.45, 2.75) is 32.8 Å². The van der Waals surface area contributed by atoms with Gasteiger partial charge in [-0.2, -0.15) is 0 Å². The molecule has 4 rings (SSSR count). The van der Waals surface area contributed by atoms with E-state index in [1.807, 2.05) is 25.1 Å². The predicted octanol–water partition coefficient (Wildman–Crippen LogP) is 4.27. The molecule has 1 fully saturated rings. The van der Waals surface area contributed by atoms with Crippen LogP contribution < -0.4 is 20.1 Å². The number of aromatic nitrogens is 2. The lowest BCUT2D eigenvalue weighted by molar-refractivity contribution is 0.157. The molecule has 1 aromatic heterocycles. The normalized spacial score (nSPS) is 14.8. The molecule has 2 aromatic carbocycles. The van der Waals surface area contributed by atoms with Gasteiger partial charge < -0.3 is 20.1 Å². The fourth-order valence-electron chi connectivity index (χ4n) is 3.51. The summed E-state index contributed by atoms with van der Waals surface area (Å²) in [5, 5.41) is 7.20. The summed E-state index contributed by atoms with van der Waals surface area (Å²) < 4.78 is 26.4. The monoisotopic (exact) mass is 396 g/mol. The fraction of sp³-hybridized carbons (Fsp3) is 0.364. The minimum atomic E-state index is -0.281. The topological polar surface area (TPSA) is 68.3 Å². The average Bonchev–Trinajstić information content (AvgIpc) is 2.74. The van der Waals surface area contributed by atoms with Crippen LogP contribution in [0.3, 0.4) is 0 Å². The summed E-state index contributed by atoms with van der Waals surface area (Å²) in [6.07, 6.45) is 3.45. The van der Waals surface area contributed by atoms with Crippen molar-refractivity contribution in [2.75, 3.05) is 25.5 Å². The molecule has 1 aliphatic rings. The van der Waals surface area contributed by atoms with Gasteiger partial charge in [-0.3, -0.25) is 0 Å². The Morgan fingerprint density at radius 1 is 1.10 bits per heavy atom. The highest BCUT2D eigenvalue weighted by molar-refractivity contribution is 5.93. The summed E-state index contributed by atoms with van der Waals surface area (Å²) in [7, 11) is 1.61. The molecule has 6 nitrogen and oxygen atoms in total. The first kappa shape index (κ1) is 19.4. The quantitative estimate of drug-likeness (QED) is 0.671. The third-order valence-corrected chi connectivity index (χ3v) is 5.41. The van der Waals surface area contributed by atoms with E-state index in [2.05, 4.69) is 20.6 Å². The number of benzene rings is 2. The maximum atomic E-state index is 14.7. The maximum Gasteiger partial charge on any atom is 0.162 e. The largest absolute Gasteiger partial charge is 0.493 e. The van der Waals surface area contributed by atoms with E-state index >= 15 is 0 Å². The number of anilines is 2. The molecule has 7 heteroatoms. The van der Waals surface area contributed by atoms with Gasteiger partial charge in [-0.1, -0.05) is 6.07 Å². The van der Waals surface area contributed by atoms with Gasteiger partial charge in [0.25, 0.3) is 0 Å². The van der Waals surface area contributed by atoms with E-state index in [9.17, 15) is 4.39 Å². The summed E-state index contributed by atoms with van der Waals surface area (Å²) >= 11 is 0. The number of methoxy groups -OCH3 is 1. The molecule has 1 saturated heterocycles. The van der Waals surface area contributed by atoms with Crippen LogP contribution in [0.1, 0.15) is 24.0 Å². The van der Waals surface area contributed by atoms with Gasteiger partial charge in [0.15, 0.2) is 11.5 Å². The second-order valence-corrected chi connectivity index (χ2v) is 7.30. The molecule has 0 spiro atoms. The van der Waals surface area contributed by atoms with Crippen LogP contribution in [0, 0.1) is 19.7 Å². The van der Waals surface area contributed by atoms with E-state index in [1.165, 1.54) is 6.33 Å². The van der Waals surface area contributed by atoms with Crippen molar-refractivity contribution in [3.8, 4) is 11.5 Å². The third-order valence-electron chi connectivity index (χ3n) is 5.41. The molecule has 0 saturated carbocycles. The molecule has 0 aliphatic carbocycles. The van der Waals surface area contributed by atoms with Gasteiger partial charge in [0.2, 0.25) is 0 Å². The minimum absolute atomic E-state index is 0.126. The van der Waals surface area contributed by atoms with Crippen molar-refractivity contribution in [2.24, 2.45) is 0 Å². The van der Waals surface area contributed by atoms with Crippen molar-refractivity contribution in [3.63, 3.8) is 0 Å². The van der Waals surface area contributed by atoms with Crippen molar-refractivity contribution in [1.29, 1.82) is 0 Å². The van der Waals surface area contributed by atoms with Gasteiger partial charge in [-0.05, 0) is 63.0 Å². The smallest absolute Gasteiger partial charge is 0.162 e. The van der Waals surface area contributed by atoms with Crippen LogP contribution in [0.25, 0.3) is 10.9 Å². The van der Waals surface area contributed by atoms with Gasteiger partial charge in [0.05, 0.1) is 18.3 Å². The fourth-order valence-corrected chi connectivity index (χ4v) is 3.51. The molecular formula is C22H25FN4O2. The number of piperidine rings is 1. The Kier molecular flexibility index (Phi) is 5.49. The lowest BCUT2D eigenvalue weighted by atomic mass is 10.1. The van der Waals surface area contributed by atoms with Crippen LogP contribution in [0.4, 0.5) is 15.9 Å². The molecule has 0 atom stereocenters. The molecule has 0 amide bonds. The molecule has 152 valence electrons. The van der Waals surface area contributed by atoms with Gasteiger partial charge in [0.1, 0.15) is 24.1 Å². The molecule has 2 N–H and O–H groups in total. The lowest BCUT2D eigenvalue weighted by Crippen LogP contribution is -2.34. The number of fused-ring (bicyclic) bond motifs is 1. The first-order valence-electron chi connectivity index (χ1n) is 9.79. The first-order valence-corrected chi connectivity index (χ1v) is 9.79. The van der Waals surface area contributed by atoms with Gasteiger partial charge in [0, 0.05) is 11.5 Å². The number of hydrogen-bond donors (Lipinski definition) is 2. The Hall–Kier alpha value is -2.93. The summed E-state index contributed by atoms with van der Waals surface area (Å²) in [4.78, 5) is 8.69. The van der Waals surface area contributed by atoms with Crippen LogP contribution in [-0.4, -0.2) is 36.3 Å². The first-order chi connectivity index (χ1) is 14.1. The Morgan fingerprint density at radius 2 is 1.90 bits per heavy atom. The summed E-state index contributed by atoms with van der Waals surface area (Å²) in [5.41, 5.74) is 2.60. The molecular weight excluding hydrogens is 371 g/mol. The van der Waals surface area contributed by atoms with E-state index in [0.29, 0.717) is 34.1 Å². The Morgan fingerprint density at radius 3 is 2.66 bits per heavy atom. The Labute approximate surface area is 169 Å². The zero-order valence-electron chi connectivity index (χ0n) is 16.9. The van der Waals surface area contributed by atoms with Gasteiger partial charge in [-0.15, -0.1) is 0 Å². The zero-order valence-corrected chi connectivity index (χ0v) is 16.9. The number of nitrogens with one attached hydrogen (secondary N) is 2. The highest BCUT2D eigenvalue weighted by Gasteiger charge is 2.19. The van der Waals surface area contributed by atoms with E-state index in [0.717, 1.165) is 36.9 Å². The van der Waals surface area contributed by atoms with E-state index in [1.54, 1.807) is 20.1 Å². The molecule has 0 bridgehead atoms. The highest BCUT2D eigenvalue weighted by atomic mass is 19.1. The van der Waals surface area contributed by atoms with E-state index < -0.39 is 0 Å². The van der Waals surface area contributed by atoms with Crippen LogP contribution >= 0.6 is 0 Å². The minimum Gasteiger partial charge on any atom is -0.493 e. The van der Waals surface area contributed by atoms with Crippen LogP contribution in [0.5, 0.6) is 11.5 Å². The number of ether oxygens (including phenoxy) is 2. The number of nitrogens with zero attached hydrogens (tertiary/aromatic N) is 2. The number of halogens is 1. The zero-order chi connectivity index (χ0) is 20.4. The Bertz CT molecular complexity index is 1030. The number of hydrogen-bond acceptors (Lipinski definition) is 6. The Balaban J connectivity index is 1.73. The van der Waals surface area contributed by atoms with Crippen LogP contribution in [-0.2, 0) is 0 Å².